The van der Waals surface area contributed by atoms with Crippen molar-refractivity contribution in [2.75, 3.05) is 19.0 Å². The van der Waals surface area contributed by atoms with E-state index in [4.69, 9.17) is 16.0 Å². The van der Waals surface area contributed by atoms with Gasteiger partial charge in [-0.3, -0.25) is 0 Å². The maximum Gasteiger partial charge on any atom is 0.230 e. The molecule has 8 heteroatoms. The first-order chi connectivity index (χ1) is 11.9. The highest BCUT2D eigenvalue weighted by molar-refractivity contribution is 6.30. The second-order valence-corrected chi connectivity index (χ2v) is 5.95. The highest BCUT2D eigenvalue weighted by Crippen LogP contribution is 2.30. The number of rotatable bonds is 5. The SMILES string of the molecule is CN(C)c1ncc(-c2nc(-c3ccc(Cl)cc3)c(CC(=O)[O-])o2)cn1. The fourth-order valence-electron chi connectivity index (χ4n) is 2.22. The highest BCUT2D eigenvalue weighted by atomic mass is 35.5. The van der Waals surface area contributed by atoms with Crippen molar-refractivity contribution in [1.82, 2.24) is 15.0 Å². The number of anilines is 1. The minimum absolute atomic E-state index is 0.203. The molecule has 3 aromatic rings. The van der Waals surface area contributed by atoms with Gasteiger partial charge in [-0.25, -0.2) is 15.0 Å². The zero-order valence-corrected chi connectivity index (χ0v) is 14.3. The van der Waals surface area contributed by atoms with E-state index in [9.17, 15) is 9.90 Å². The smallest absolute Gasteiger partial charge is 0.230 e. The van der Waals surface area contributed by atoms with Gasteiger partial charge in [0.2, 0.25) is 11.8 Å². The molecule has 0 saturated heterocycles. The fraction of sp³-hybridized carbons (Fsp3) is 0.176. The van der Waals surface area contributed by atoms with E-state index in [2.05, 4.69) is 15.0 Å². The van der Waals surface area contributed by atoms with Crippen LogP contribution < -0.4 is 10.0 Å². The summed E-state index contributed by atoms with van der Waals surface area (Å²) >= 11 is 5.90. The van der Waals surface area contributed by atoms with Gasteiger partial charge in [0, 0.05) is 49.5 Å². The van der Waals surface area contributed by atoms with E-state index in [0.717, 1.165) is 0 Å². The average molecular weight is 358 g/mol. The second kappa shape index (κ2) is 6.90. The Morgan fingerprint density at radius 3 is 2.36 bits per heavy atom. The van der Waals surface area contributed by atoms with Crippen LogP contribution in [0.5, 0.6) is 0 Å². The van der Waals surface area contributed by atoms with Crippen molar-refractivity contribution in [2.24, 2.45) is 0 Å². The number of carboxylic acids is 1. The van der Waals surface area contributed by atoms with Crippen LogP contribution in [0.15, 0.2) is 41.1 Å². The van der Waals surface area contributed by atoms with Crippen LogP contribution in [0.25, 0.3) is 22.7 Å². The van der Waals surface area contributed by atoms with Gasteiger partial charge in [0.25, 0.3) is 0 Å². The Bertz CT molecular complexity index is 889. The van der Waals surface area contributed by atoms with Crippen LogP contribution in [-0.2, 0) is 11.2 Å². The Labute approximate surface area is 148 Å². The monoisotopic (exact) mass is 357 g/mol. The van der Waals surface area contributed by atoms with Crippen LogP contribution in [0, 0.1) is 0 Å². The van der Waals surface area contributed by atoms with Gasteiger partial charge in [-0.2, -0.15) is 0 Å². The van der Waals surface area contributed by atoms with E-state index >= 15 is 0 Å². The first-order valence-corrected chi connectivity index (χ1v) is 7.77. The summed E-state index contributed by atoms with van der Waals surface area (Å²) in [6, 6.07) is 6.88. The summed E-state index contributed by atoms with van der Waals surface area (Å²) in [7, 11) is 3.66. The largest absolute Gasteiger partial charge is 0.550 e. The van der Waals surface area contributed by atoms with Crippen molar-refractivity contribution in [1.29, 1.82) is 0 Å². The summed E-state index contributed by atoms with van der Waals surface area (Å²) < 4.78 is 5.64. The molecule has 0 saturated carbocycles. The summed E-state index contributed by atoms with van der Waals surface area (Å²) in [6.07, 6.45) is 2.76. The standard InChI is InChI=1S/C17H15ClN4O3/c1-22(2)17-19-8-11(9-20-17)16-21-15(13(25-16)7-14(23)24)10-3-5-12(18)6-4-10/h3-6,8-9H,7H2,1-2H3,(H,23,24)/p-1. The molecule has 0 N–H and O–H groups in total. The summed E-state index contributed by atoms with van der Waals surface area (Å²) in [5.74, 6) is -0.263. The number of halogens is 1. The topological polar surface area (TPSA) is 95.2 Å². The maximum absolute atomic E-state index is 11.0. The molecule has 3 rings (SSSR count). The average Bonchev–Trinajstić information content (AvgIpc) is 2.98. The van der Waals surface area contributed by atoms with E-state index in [1.165, 1.54) is 0 Å². The molecule has 0 aliphatic rings. The Morgan fingerprint density at radius 1 is 1.16 bits per heavy atom. The molecule has 0 amide bonds. The number of benzene rings is 1. The number of oxazole rings is 1. The molecule has 25 heavy (non-hydrogen) atoms. The predicted octanol–water partition coefficient (Wildman–Crippen LogP) is 1.81. The molecular formula is C17H14ClN4O3-. The van der Waals surface area contributed by atoms with Gasteiger partial charge in [-0.15, -0.1) is 0 Å². The van der Waals surface area contributed by atoms with Crippen LogP contribution in [0.2, 0.25) is 5.02 Å². The van der Waals surface area contributed by atoms with Crippen molar-refractivity contribution >= 4 is 23.5 Å². The van der Waals surface area contributed by atoms with E-state index in [1.807, 2.05) is 14.1 Å². The molecule has 2 aromatic heterocycles. The molecule has 0 bridgehead atoms. The molecule has 2 heterocycles. The fourth-order valence-corrected chi connectivity index (χ4v) is 2.35. The lowest BCUT2D eigenvalue weighted by Gasteiger charge is -2.08. The van der Waals surface area contributed by atoms with Gasteiger partial charge >= 0.3 is 0 Å². The first-order valence-electron chi connectivity index (χ1n) is 7.39. The molecule has 1 aromatic carbocycles. The Kier molecular flexibility index (Phi) is 4.67. The third-order valence-corrected chi connectivity index (χ3v) is 3.66. The number of aromatic nitrogens is 3. The Morgan fingerprint density at radius 2 is 1.80 bits per heavy atom. The molecular weight excluding hydrogens is 344 g/mol. The molecule has 0 radical (unpaired) electrons. The van der Waals surface area contributed by atoms with Crippen LogP contribution in [0.1, 0.15) is 5.76 Å². The quantitative estimate of drug-likeness (QED) is 0.687. The van der Waals surface area contributed by atoms with Crippen LogP contribution in [-0.4, -0.2) is 35.0 Å². The first kappa shape index (κ1) is 16.9. The number of carboxylic acid groups (broad SMARTS) is 1. The maximum atomic E-state index is 11.0. The van der Waals surface area contributed by atoms with Crippen molar-refractivity contribution in [3.05, 3.63) is 47.4 Å². The number of aliphatic carboxylic acids is 1. The zero-order valence-electron chi connectivity index (χ0n) is 13.6. The number of hydrogen-bond acceptors (Lipinski definition) is 7. The van der Waals surface area contributed by atoms with E-state index in [-0.39, 0.29) is 18.1 Å². The molecule has 0 fully saturated rings. The number of nitrogens with zero attached hydrogens (tertiary/aromatic N) is 4. The van der Waals surface area contributed by atoms with Crippen molar-refractivity contribution in [2.45, 2.75) is 6.42 Å². The molecule has 128 valence electrons. The predicted molar refractivity (Wildman–Crippen MR) is 91.0 cm³/mol. The summed E-state index contributed by atoms with van der Waals surface area (Å²) in [5.41, 5.74) is 1.67. The van der Waals surface area contributed by atoms with Crippen molar-refractivity contribution in [3.63, 3.8) is 0 Å². The summed E-state index contributed by atoms with van der Waals surface area (Å²) in [4.78, 5) is 25.6. The van der Waals surface area contributed by atoms with Gasteiger partial charge in [0.1, 0.15) is 11.5 Å². The minimum Gasteiger partial charge on any atom is -0.550 e. The number of carbonyl (C=O) groups is 1. The Balaban J connectivity index is 2.03. The van der Waals surface area contributed by atoms with Crippen molar-refractivity contribution < 1.29 is 14.3 Å². The van der Waals surface area contributed by atoms with Gasteiger partial charge in [0.05, 0.1) is 5.56 Å². The second-order valence-electron chi connectivity index (χ2n) is 5.51. The Hall–Kier alpha value is -2.93. The molecule has 0 atom stereocenters. The molecule has 0 spiro atoms. The van der Waals surface area contributed by atoms with E-state index < -0.39 is 5.97 Å². The molecule has 0 aliphatic carbocycles. The lowest BCUT2D eigenvalue weighted by Crippen LogP contribution is -2.24. The van der Waals surface area contributed by atoms with Crippen LogP contribution in [0.3, 0.4) is 0 Å². The van der Waals surface area contributed by atoms with Gasteiger partial charge in [0.15, 0.2) is 0 Å². The third kappa shape index (κ3) is 3.77. The van der Waals surface area contributed by atoms with Gasteiger partial charge in [-0.05, 0) is 12.1 Å². The van der Waals surface area contributed by atoms with Crippen LogP contribution in [0.4, 0.5) is 5.95 Å². The number of hydrogen-bond donors (Lipinski definition) is 0. The normalized spacial score (nSPS) is 10.7. The summed E-state index contributed by atoms with van der Waals surface area (Å²) in [5, 5.41) is 11.6. The zero-order chi connectivity index (χ0) is 18.0. The lowest BCUT2D eigenvalue weighted by atomic mass is 10.1. The molecule has 0 unspecified atom stereocenters. The number of carbonyl (C=O) groups excluding carboxylic acids is 1. The van der Waals surface area contributed by atoms with E-state index in [1.54, 1.807) is 41.6 Å². The third-order valence-electron chi connectivity index (χ3n) is 3.41. The molecule has 7 nitrogen and oxygen atoms in total. The highest BCUT2D eigenvalue weighted by Gasteiger charge is 2.17. The lowest BCUT2D eigenvalue weighted by molar-refractivity contribution is -0.305. The van der Waals surface area contributed by atoms with Gasteiger partial charge < -0.3 is 19.2 Å². The van der Waals surface area contributed by atoms with Crippen molar-refractivity contribution in [3.8, 4) is 22.7 Å². The van der Waals surface area contributed by atoms with E-state index in [0.29, 0.717) is 27.8 Å². The van der Waals surface area contributed by atoms with Gasteiger partial charge in [-0.1, -0.05) is 23.7 Å². The molecule has 0 aliphatic heterocycles. The van der Waals surface area contributed by atoms with Crippen LogP contribution >= 0.6 is 11.6 Å². The summed E-state index contributed by atoms with van der Waals surface area (Å²) in [6.45, 7) is 0. The minimum atomic E-state index is -1.25.